The van der Waals surface area contributed by atoms with Gasteiger partial charge in [-0.2, -0.15) is 0 Å². The fourth-order valence-electron chi connectivity index (χ4n) is 14.5. The Labute approximate surface area is 396 Å². The molecule has 8 aromatic carbocycles. The molecule has 0 radical (unpaired) electrons. The van der Waals surface area contributed by atoms with E-state index in [9.17, 15) is 0 Å². The Morgan fingerprint density at radius 1 is 0.439 bits per heavy atom. The molecule has 0 aliphatic heterocycles. The van der Waals surface area contributed by atoms with Crippen molar-refractivity contribution in [3.05, 3.63) is 208 Å². The van der Waals surface area contributed by atoms with E-state index in [1.807, 2.05) is 11.3 Å². The van der Waals surface area contributed by atoms with E-state index in [1.54, 1.807) is 11.1 Å². The molecule has 0 nitrogen and oxygen atoms in total. The average molecular weight is 871 g/mol. The summed E-state index contributed by atoms with van der Waals surface area (Å²) in [6.45, 7) is 13.8. The van der Waals surface area contributed by atoms with Gasteiger partial charge in [-0.15, -0.1) is 11.3 Å². The normalized spacial score (nSPS) is 20.9. The van der Waals surface area contributed by atoms with Crippen LogP contribution in [0, 0.1) is 53.4 Å². The average Bonchev–Trinajstić information content (AvgIpc) is 3.69. The van der Waals surface area contributed by atoms with Gasteiger partial charge in [0, 0.05) is 20.2 Å². The van der Waals surface area contributed by atoms with E-state index in [2.05, 4.69) is 205 Å². The predicted octanol–water partition coefficient (Wildman–Crippen LogP) is 15.2. The summed E-state index contributed by atoms with van der Waals surface area (Å²) in [5, 5.41) is 2.75. The van der Waals surface area contributed by atoms with Gasteiger partial charge in [-0.3, -0.25) is 0 Å². The Morgan fingerprint density at radius 3 is 1.52 bits per heavy atom. The zero-order valence-corrected chi connectivity index (χ0v) is 40.3. The molecule has 66 heavy (non-hydrogen) atoms. The second-order valence-electron chi connectivity index (χ2n) is 21.2. The van der Waals surface area contributed by atoms with Crippen molar-refractivity contribution in [1.82, 2.24) is 0 Å². The van der Waals surface area contributed by atoms with Crippen LogP contribution < -0.4 is 16.4 Å². The molecule has 2 heteroatoms. The topological polar surface area (TPSA) is 0 Å². The standard InChI is InChI=1S/C64H59BS/c1-40-28-42(3)60(43(4)29-40)65(61-44(5)30-41(2)31-45(61)6)55-15-10-14-52(34-55)51-13-9-12-50(33-51)48-20-24-53(25-21-48)63-35-46-32-47(36-63)38-64(37-46,39-63)54-26-22-49(23-27-54)56-17-11-18-58-57-16-7-8-19-59(57)66-62(56)58/h7-31,33-34,46-47H,32,35-39H2,1-6H3. The van der Waals surface area contributed by atoms with Crippen LogP contribution in [0.1, 0.15) is 83.0 Å². The smallest absolute Gasteiger partial charge is 0.135 e. The second-order valence-corrected chi connectivity index (χ2v) is 22.3. The third kappa shape index (κ3) is 6.93. The number of rotatable bonds is 8. The van der Waals surface area contributed by atoms with Crippen LogP contribution >= 0.6 is 11.3 Å². The van der Waals surface area contributed by atoms with Crippen LogP contribution in [-0.2, 0) is 10.8 Å². The van der Waals surface area contributed by atoms with Crippen LogP contribution in [0.15, 0.2) is 164 Å². The highest BCUT2D eigenvalue weighted by Crippen LogP contribution is 2.66. The van der Waals surface area contributed by atoms with E-state index in [1.165, 1.54) is 142 Å². The number of hydrogen-bond donors (Lipinski definition) is 0. The molecule has 0 spiro atoms. The Bertz CT molecular complexity index is 3230. The minimum atomic E-state index is 0.151. The Morgan fingerprint density at radius 2 is 0.924 bits per heavy atom. The summed E-state index contributed by atoms with van der Waals surface area (Å²) in [6, 6.07) is 63.6. The number of fused-ring (bicyclic) bond motifs is 3. The first-order chi connectivity index (χ1) is 32.0. The summed E-state index contributed by atoms with van der Waals surface area (Å²) < 4.78 is 2.77. The van der Waals surface area contributed by atoms with Gasteiger partial charge in [0.15, 0.2) is 0 Å². The van der Waals surface area contributed by atoms with Crippen LogP contribution in [-0.4, -0.2) is 6.71 Å². The zero-order valence-electron chi connectivity index (χ0n) is 39.5. The third-order valence-corrected chi connectivity index (χ3v) is 17.8. The number of benzene rings is 8. The van der Waals surface area contributed by atoms with Crippen LogP contribution in [0.3, 0.4) is 0 Å². The number of aryl methyl sites for hydroxylation is 6. The lowest BCUT2D eigenvalue weighted by molar-refractivity contribution is -0.0281. The highest BCUT2D eigenvalue weighted by molar-refractivity contribution is 7.26. The molecule has 4 bridgehead atoms. The SMILES string of the molecule is Cc1cc(C)c(B(c2cccc(-c3cccc(-c4ccc(C56CC7CC(C5)CC(c5ccc(-c8cccc9c8sc8ccccc89)cc5)(C7)C6)cc4)c3)c2)c2c(C)cc(C)cc2C)c(C)c1. The van der Waals surface area contributed by atoms with E-state index in [0.29, 0.717) is 0 Å². The first kappa shape index (κ1) is 41.5. The van der Waals surface area contributed by atoms with Crippen LogP contribution in [0.4, 0.5) is 0 Å². The van der Waals surface area contributed by atoms with Crippen molar-refractivity contribution < 1.29 is 0 Å². The van der Waals surface area contributed by atoms with Crippen molar-refractivity contribution in [3.63, 3.8) is 0 Å². The first-order valence-corrected chi connectivity index (χ1v) is 25.3. The largest absolute Gasteiger partial charge is 0.242 e. The molecule has 4 aliphatic rings. The van der Waals surface area contributed by atoms with E-state index in [4.69, 9.17) is 0 Å². The summed E-state index contributed by atoms with van der Waals surface area (Å²) in [4.78, 5) is 0. The monoisotopic (exact) mass is 870 g/mol. The van der Waals surface area contributed by atoms with E-state index in [0.717, 1.165) is 11.8 Å². The van der Waals surface area contributed by atoms with Gasteiger partial charge in [-0.25, -0.2) is 0 Å². The maximum atomic E-state index is 2.52. The predicted molar refractivity (Wildman–Crippen MR) is 286 cm³/mol. The molecule has 1 aromatic heterocycles. The Hall–Kier alpha value is -5.96. The van der Waals surface area contributed by atoms with Gasteiger partial charge in [-0.05, 0) is 159 Å². The van der Waals surface area contributed by atoms with Gasteiger partial charge < -0.3 is 0 Å². The van der Waals surface area contributed by atoms with Crippen molar-refractivity contribution >= 4 is 54.6 Å². The van der Waals surface area contributed by atoms with Crippen molar-refractivity contribution in [1.29, 1.82) is 0 Å². The van der Waals surface area contributed by atoms with Gasteiger partial charge in [0.25, 0.3) is 0 Å². The molecular formula is C64H59BS. The van der Waals surface area contributed by atoms with Gasteiger partial charge in [-0.1, -0.05) is 201 Å². The second kappa shape index (κ2) is 15.8. The molecule has 13 rings (SSSR count). The van der Waals surface area contributed by atoms with E-state index in [-0.39, 0.29) is 17.5 Å². The van der Waals surface area contributed by atoms with Gasteiger partial charge in [0.2, 0.25) is 6.71 Å². The molecule has 4 saturated carbocycles. The fourth-order valence-corrected chi connectivity index (χ4v) is 15.7. The summed E-state index contributed by atoms with van der Waals surface area (Å²) in [7, 11) is 0. The third-order valence-electron chi connectivity index (χ3n) is 16.6. The summed E-state index contributed by atoms with van der Waals surface area (Å²) >= 11 is 1.93. The number of hydrogen-bond acceptors (Lipinski definition) is 1. The van der Waals surface area contributed by atoms with Crippen molar-refractivity contribution in [3.8, 4) is 33.4 Å². The molecular weight excluding hydrogens is 812 g/mol. The van der Waals surface area contributed by atoms with E-state index < -0.39 is 0 Å². The zero-order chi connectivity index (χ0) is 44.9. The minimum Gasteiger partial charge on any atom is -0.135 e. The first-order valence-electron chi connectivity index (χ1n) is 24.5. The molecule has 2 atom stereocenters. The van der Waals surface area contributed by atoms with Crippen LogP contribution in [0.5, 0.6) is 0 Å². The summed E-state index contributed by atoms with van der Waals surface area (Å²) in [5.41, 5.74) is 23.8. The molecule has 9 aromatic rings. The molecule has 0 saturated heterocycles. The summed E-state index contributed by atoms with van der Waals surface area (Å²) in [5.74, 6) is 1.62. The molecule has 0 N–H and O–H groups in total. The molecule has 324 valence electrons. The number of thiophene rings is 1. The van der Waals surface area contributed by atoms with Crippen LogP contribution in [0.25, 0.3) is 53.6 Å². The molecule has 2 unspecified atom stereocenters. The molecule has 0 amide bonds. The quantitative estimate of drug-likeness (QED) is 0.133. The van der Waals surface area contributed by atoms with Gasteiger partial charge in [0.05, 0.1) is 0 Å². The molecule has 4 aliphatic carbocycles. The Balaban J connectivity index is 0.837. The van der Waals surface area contributed by atoms with Gasteiger partial charge in [0.1, 0.15) is 0 Å². The summed E-state index contributed by atoms with van der Waals surface area (Å²) in [6.07, 6.45) is 8.06. The van der Waals surface area contributed by atoms with E-state index >= 15 is 0 Å². The van der Waals surface area contributed by atoms with Crippen molar-refractivity contribution in [2.24, 2.45) is 11.8 Å². The fraction of sp³-hybridized carbons (Fsp3) is 0.250. The lowest BCUT2D eigenvalue weighted by Gasteiger charge is -2.63. The molecule has 4 fully saturated rings. The minimum absolute atomic E-state index is 0.151. The lowest BCUT2D eigenvalue weighted by Crippen LogP contribution is -2.55. The maximum Gasteiger partial charge on any atom is 0.242 e. The highest BCUT2D eigenvalue weighted by Gasteiger charge is 2.58. The van der Waals surface area contributed by atoms with Crippen LogP contribution in [0.2, 0.25) is 0 Å². The van der Waals surface area contributed by atoms with Crippen molar-refractivity contribution in [2.75, 3.05) is 0 Å². The molecule has 1 heterocycles. The Kier molecular flexibility index (Phi) is 9.96. The highest BCUT2D eigenvalue weighted by atomic mass is 32.1. The van der Waals surface area contributed by atoms with Gasteiger partial charge >= 0.3 is 0 Å². The maximum absolute atomic E-state index is 2.52. The lowest BCUT2D eigenvalue weighted by atomic mass is 9.34. The van der Waals surface area contributed by atoms with Crippen molar-refractivity contribution in [2.45, 2.75) is 90.9 Å².